The Morgan fingerprint density at radius 2 is 1.90 bits per heavy atom. The predicted octanol–water partition coefficient (Wildman–Crippen LogP) is 3.49. The van der Waals surface area contributed by atoms with Gasteiger partial charge in [0.15, 0.2) is 5.69 Å². The molecule has 6 heteroatoms. The number of carboxylic acid groups (broad SMARTS) is 1. The van der Waals surface area contributed by atoms with Crippen molar-refractivity contribution in [1.82, 2.24) is 9.38 Å². The zero-order valence-electron chi connectivity index (χ0n) is 10.0. The fourth-order valence-corrected chi connectivity index (χ4v) is 2.16. The van der Waals surface area contributed by atoms with Crippen LogP contribution in [0.5, 0.6) is 0 Å². The SMILES string of the molecule is O=C(O)c1c(-c2ccc(Cl)cc2)nc2ccc(F)cn12. The molecule has 4 nitrogen and oxygen atoms in total. The quantitative estimate of drug-likeness (QED) is 0.786. The molecule has 0 saturated carbocycles. The molecule has 0 spiro atoms. The van der Waals surface area contributed by atoms with E-state index in [9.17, 15) is 14.3 Å². The van der Waals surface area contributed by atoms with E-state index < -0.39 is 11.8 Å². The summed E-state index contributed by atoms with van der Waals surface area (Å²) in [5.74, 6) is -1.70. The van der Waals surface area contributed by atoms with Gasteiger partial charge in [0, 0.05) is 16.8 Å². The lowest BCUT2D eigenvalue weighted by molar-refractivity contribution is 0.0690. The molecule has 0 fully saturated rings. The number of aromatic carboxylic acids is 1. The highest BCUT2D eigenvalue weighted by Gasteiger charge is 2.20. The van der Waals surface area contributed by atoms with Crippen molar-refractivity contribution in [1.29, 1.82) is 0 Å². The Balaban J connectivity index is 2.32. The molecule has 1 N–H and O–H groups in total. The number of fused-ring (bicyclic) bond motifs is 1. The lowest BCUT2D eigenvalue weighted by atomic mass is 10.1. The number of pyridine rings is 1. The van der Waals surface area contributed by atoms with Crippen LogP contribution >= 0.6 is 11.6 Å². The summed E-state index contributed by atoms with van der Waals surface area (Å²) in [6.45, 7) is 0. The highest BCUT2D eigenvalue weighted by Crippen LogP contribution is 2.26. The van der Waals surface area contributed by atoms with Gasteiger partial charge in [0.05, 0.1) is 0 Å². The van der Waals surface area contributed by atoms with E-state index in [-0.39, 0.29) is 11.4 Å². The molecule has 2 heterocycles. The van der Waals surface area contributed by atoms with E-state index in [1.807, 2.05) is 0 Å². The molecule has 3 aromatic rings. The summed E-state index contributed by atoms with van der Waals surface area (Å²) in [5, 5.41) is 9.89. The van der Waals surface area contributed by atoms with Crippen LogP contribution in [0.4, 0.5) is 4.39 Å². The molecule has 3 rings (SSSR count). The first kappa shape index (κ1) is 12.6. The number of rotatable bonds is 2. The van der Waals surface area contributed by atoms with Crippen molar-refractivity contribution in [2.75, 3.05) is 0 Å². The lowest BCUT2D eigenvalue weighted by Gasteiger charge is -2.00. The smallest absolute Gasteiger partial charge is 0.355 e. The summed E-state index contributed by atoms with van der Waals surface area (Å²) < 4.78 is 14.5. The molecule has 2 aromatic heterocycles. The first-order valence-electron chi connectivity index (χ1n) is 5.73. The summed E-state index contributed by atoms with van der Waals surface area (Å²) in [7, 11) is 0. The minimum Gasteiger partial charge on any atom is -0.476 e. The van der Waals surface area contributed by atoms with Crippen molar-refractivity contribution in [3.8, 4) is 11.3 Å². The van der Waals surface area contributed by atoms with Gasteiger partial charge in [-0.05, 0) is 24.3 Å². The molecule has 0 aliphatic heterocycles. The second kappa shape index (κ2) is 4.61. The highest BCUT2D eigenvalue weighted by atomic mass is 35.5. The maximum Gasteiger partial charge on any atom is 0.355 e. The number of hydrogen-bond donors (Lipinski definition) is 1. The average molecular weight is 291 g/mol. The van der Waals surface area contributed by atoms with Crippen LogP contribution in [0.15, 0.2) is 42.6 Å². The molecule has 0 radical (unpaired) electrons. The highest BCUT2D eigenvalue weighted by molar-refractivity contribution is 6.30. The largest absolute Gasteiger partial charge is 0.476 e. The summed E-state index contributed by atoms with van der Waals surface area (Å²) >= 11 is 5.81. The summed E-state index contributed by atoms with van der Waals surface area (Å²) in [6.07, 6.45) is 1.10. The topological polar surface area (TPSA) is 54.6 Å². The summed E-state index contributed by atoms with van der Waals surface area (Å²) in [4.78, 5) is 15.7. The Morgan fingerprint density at radius 1 is 1.20 bits per heavy atom. The van der Waals surface area contributed by atoms with Crippen LogP contribution in [0.2, 0.25) is 5.02 Å². The van der Waals surface area contributed by atoms with E-state index in [1.165, 1.54) is 16.5 Å². The Kier molecular flexibility index (Phi) is 2.91. The fraction of sp³-hybridized carbons (Fsp3) is 0. The third-order valence-electron chi connectivity index (χ3n) is 2.90. The van der Waals surface area contributed by atoms with E-state index in [0.717, 1.165) is 6.20 Å². The van der Waals surface area contributed by atoms with E-state index in [1.54, 1.807) is 24.3 Å². The van der Waals surface area contributed by atoms with E-state index in [0.29, 0.717) is 16.2 Å². The van der Waals surface area contributed by atoms with Crippen LogP contribution < -0.4 is 0 Å². The van der Waals surface area contributed by atoms with Crippen LogP contribution in [0.25, 0.3) is 16.9 Å². The Labute approximate surface area is 118 Å². The van der Waals surface area contributed by atoms with Crippen molar-refractivity contribution >= 4 is 23.2 Å². The molecule has 100 valence electrons. The Bertz CT molecular complexity index is 812. The van der Waals surface area contributed by atoms with Crippen LogP contribution in [0.3, 0.4) is 0 Å². The van der Waals surface area contributed by atoms with E-state index >= 15 is 0 Å². The second-order valence-electron chi connectivity index (χ2n) is 4.20. The average Bonchev–Trinajstić information content (AvgIpc) is 2.78. The number of halogens is 2. The monoisotopic (exact) mass is 290 g/mol. The Morgan fingerprint density at radius 3 is 2.55 bits per heavy atom. The summed E-state index contributed by atoms with van der Waals surface area (Å²) in [5.41, 5.74) is 1.17. The van der Waals surface area contributed by atoms with Crippen molar-refractivity contribution < 1.29 is 14.3 Å². The van der Waals surface area contributed by atoms with Gasteiger partial charge in [0.2, 0.25) is 0 Å². The second-order valence-corrected chi connectivity index (χ2v) is 4.63. The zero-order chi connectivity index (χ0) is 14.3. The van der Waals surface area contributed by atoms with Crippen LogP contribution in [-0.4, -0.2) is 20.5 Å². The molecule has 0 aliphatic rings. The van der Waals surface area contributed by atoms with Gasteiger partial charge in [0.25, 0.3) is 0 Å². The normalized spacial score (nSPS) is 10.9. The Hall–Kier alpha value is -2.40. The standard InChI is InChI=1S/C14H8ClFN2O2/c15-9-3-1-8(2-4-9)12-13(14(19)20)18-7-10(16)5-6-11(18)17-12/h1-7H,(H,19,20). The number of aromatic nitrogens is 2. The molecule has 0 atom stereocenters. The molecular weight excluding hydrogens is 283 g/mol. The first-order valence-corrected chi connectivity index (χ1v) is 6.11. The number of hydrogen-bond acceptors (Lipinski definition) is 2. The van der Waals surface area contributed by atoms with Gasteiger partial charge in [-0.25, -0.2) is 14.2 Å². The molecule has 0 aliphatic carbocycles. The molecule has 0 bridgehead atoms. The minimum absolute atomic E-state index is 0.0816. The van der Waals surface area contributed by atoms with Crippen molar-refractivity contribution in [2.24, 2.45) is 0 Å². The van der Waals surface area contributed by atoms with E-state index in [4.69, 9.17) is 11.6 Å². The van der Waals surface area contributed by atoms with Crippen molar-refractivity contribution in [3.63, 3.8) is 0 Å². The zero-order valence-corrected chi connectivity index (χ0v) is 10.8. The number of benzene rings is 1. The number of imidazole rings is 1. The van der Waals surface area contributed by atoms with Gasteiger partial charge in [0.1, 0.15) is 17.2 Å². The molecule has 0 saturated heterocycles. The number of nitrogens with zero attached hydrogens (tertiary/aromatic N) is 2. The molecular formula is C14H8ClFN2O2. The number of carbonyl (C=O) groups is 1. The van der Waals surface area contributed by atoms with Crippen LogP contribution in [0, 0.1) is 5.82 Å². The van der Waals surface area contributed by atoms with Gasteiger partial charge in [-0.15, -0.1) is 0 Å². The van der Waals surface area contributed by atoms with Gasteiger partial charge >= 0.3 is 5.97 Å². The fourth-order valence-electron chi connectivity index (χ4n) is 2.03. The molecule has 0 amide bonds. The first-order chi connectivity index (χ1) is 9.56. The third-order valence-corrected chi connectivity index (χ3v) is 3.15. The van der Waals surface area contributed by atoms with Gasteiger partial charge in [-0.2, -0.15) is 0 Å². The molecule has 1 aromatic carbocycles. The van der Waals surface area contributed by atoms with Crippen molar-refractivity contribution in [3.05, 3.63) is 59.1 Å². The van der Waals surface area contributed by atoms with E-state index in [2.05, 4.69) is 4.98 Å². The van der Waals surface area contributed by atoms with Gasteiger partial charge in [-0.1, -0.05) is 23.7 Å². The van der Waals surface area contributed by atoms with Gasteiger partial charge < -0.3 is 5.11 Å². The predicted molar refractivity (Wildman–Crippen MR) is 72.6 cm³/mol. The number of carboxylic acids is 1. The lowest BCUT2D eigenvalue weighted by Crippen LogP contribution is -2.03. The molecule has 20 heavy (non-hydrogen) atoms. The van der Waals surface area contributed by atoms with Crippen molar-refractivity contribution in [2.45, 2.75) is 0 Å². The minimum atomic E-state index is -1.17. The van der Waals surface area contributed by atoms with Crippen LogP contribution in [-0.2, 0) is 0 Å². The maximum atomic E-state index is 13.3. The van der Waals surface area contributed by atoms with Gasteiger partial charge in [-0.3, -0.25) is 4.40 Å². The molecule has 0 unspecified atom stereocenters. The third kappa shape index (κ3) is 2.02. The van der Waals surface area contributed by atoms with Crippen LogP contribution in [0.1, 0.15) is 10.5 Å². The summed E-state index contributed by atoms with van der Waals surface area (Å²) in [6, 6.07) is 9.31. The maximum absolute atomic E-state index is 13.3.